The molecule has 90 valence electrons. The topological polar surface area (TPSA) is 46.1 Å². The van der Waals surface area contributed by atoms with Crippen LogP contribution in [0.2, 0.25) is 0 Å². The van der Waals surface area contributed by atoms with E-state index in [2.05, 4.69) is 20.9 Å². The summed E-state index contributed by atoms with van der Waals surface area (Å²) >= 11 is 0. The second-order valence-electron chi connectivity index (χ2n) is 5.12. The molecule has 1 unspecified atom stereocenters. The molecule has 2 heterocycles. The Balaban J connectivity index is 1.76. The third-order valence-electron chi connectivity index (χ3n) is 3.76. The first-order valence-electron chi connectivity index (χ1n) is 6.31. The van der Waals surface area contributed by atoms with Crippen LogP contribution in [-0.2, 0) is 4.79 Å². The lowest BCUT2D eigenvalue weighted by molar-refractivity contribution is -0.120. The second kappa shape index (κ2) is 4.09. The summed E-state index contributed by atoms with van der Waals surface area (Å²) in [6.07, 6.45) is 5.13. The molecule has 2 fully saturated rings. The van der Waals surface area contributed by atoms with Crippen molar-refractivity contribution in [3.8, 4) is 0 Å². The third-order valence-corrected chi connectivity index (χ3v) is 3.76. The van der Waals surface area contributed by atoms with Gasteiger partial charge >= 0.3 is 0 Å². The van der Waals surface area contributed by atoms with Gasteiger partial charge in [-0.1, -0.05) is 0 Å². The minimum Gasteiger partial charge on any atom is -0.356 e. The quantitative estimate of drug-likeness (QED) is 0.795. The fourth-order valence-electron chi connectivity index (χ4n) is 2.44. The summed E-state index contributed by atoms with van der Waals surface area (Å²) in [5.74, 6) is 2.13. The standard InChI is InChI=1S/C13H17N3O/c1-9(17)11-4-5-16(7-11)13-6-12(10-2-3-10)14-8-15-13/h6,8,10-11H,2-5,7H2,1H3. The van der Waals surface area contributed by atoms with Gasteiger partial charge in [-0.25, -0.2) is 9.97 Å². The SMILES string of the molecule is CC(=O)C1CCN(c2cc(C3CC3)ncn2)C1. The first-order valence-corrected chi connectivity index (χ1v) is 6.31. The first-order chi connectivity index (χ1) is 8.24. The monoisotopic (exact) mass is 231 g/mol. The zero-order valence-electron chi connectivity index (χ0n) is 10.1. The Bertz CT molecular complexity index is 442. The highest BCUT2D eigenvalue weighted by Gasteiger charge is 2.29. The lowest BCUT2D eigenvalue weighted by Crippen LogP contribution is -2.23. The van der Waals surface area contributed by atoms with E-state index in [0.717, 1.165) is 25.3 Å². The molecule has 4 nitrogen and oxygen atoms in total. The maximum Gasteiger partial charge on any atom is 0.134 e. The van der Waals surface area contributed by atoms with Crippen LogP contribution in [0.4, 0.5) is 5.82 Å². The van der Waals surface area contributed by atoms with Gasteiger partial charge in [-0.05, 0) is 26.2 Å². The smallest absolute Gasteiger partial charge is 0.134 e. The minimum absolute atomic E-state index is 0.189. The van der Waals surface area contributed by atoms with Gasteiger partial charge in [0.2, 0.25) is 0 Å². The molecule has 1 aromatic heterocycles. The van der Waals surface area contributed by atoms with Gasteiger partial charge in [0.25, 0.3) is 0 Å². The number of anilines is 1. The van der Waals surface area contributed by atoms with Gasteiger partial charge in [-0.15, -0.1) is 0 Å². The predicted octanol–water partition coefficient (Wildman–Crippen LogP) is 1.77. The summed E-state index contributed by atoms with van der Waals surface area (Å²) in [4.78, 5) is 22.2. The number of hydrogen-bond acceptors (Lipinski definition) is 4. The number of carbonyl (C=O) groups excluding carboxylic acids is 1. The normalized spacial score (nSPS) is 24.1. The van der Waals surface area contributed by atoms with Crippen molar-refractivity contribution in [2.45, 2.75) is 32.1 Å². The van der Waals surface area contributed by atoms with E-state index < -0.39 is 0 Å². The number of hydrogen-bond donors (Lipinski definition) is 0. The van der Waals surface area contributed by atoms with Crippen molar-refractivity contribution in [2.24, 2.45) is 5.92 Å². The molecule has 4 heteroatoms. The Hall–Kier alpha value is -1.45. The van der Waals surface area contributed by atoms with Crippen molar-refractivity contribution in [3.05, 3.63) is 18.1 Å². The summed E-state index contributed by atoms with van der Waals surface area (Å²) in [7, 11) is 0. The molecule has 1 saturated carbocycles. The van der Waals surface area contributed by atoms with E-state index in [4.69, 9.17) is 0 Å². The summed E-state index contributed by atoms with van der Waals surface area (Å²) < 4.78 is 0. The molecule has 0 radical (unpaired) electrons. The van der Waals surface area contributed by atoms with E-state index in [1.807, 2.05) is 0 Å². The molecule has 0 bridgehead atoms. The molecule has 1 aliphatic carbocycles. The van der Waals surface area contributed by atoms with Crippen LogP contribution >= 0.6 is 0 Å². The summed E-state index contributed by atoms with van der Waals surface area (Å²) in [6, 6.07) is 2.10. The third kappa shape index (κ3) is 2.16. The minimum atomic E-state index is 0.189. The van der Waals surface area contributed by atoms with Crippen molar-refractivity contribution >= 4 is 11.6 Å². The van der Waals surface area contributed by atoms with Crippen molar-refractivity contribution < 1.29 is 4.79 Å². The Morgan fingerprint density at radius 1 is 1.35 bits per heavy atom. The van der Waals surface area contributed by atoms with Gasteiger partial charge in [0, 0.05) is 36.7 Å². The Morgan fingerprint density at radius 2 is 2.18 bits per heavy atom. The van der Waals surface area contributed by atoms with Gasteiger partial charge < -0.3 is 4.90 Å². The molecular weight excluding hydrogens is 214 g/mol. The lowest BCUT2D eigenvalue weighted by Gasteiger charge is -2.17. The molecule has 0 N–H and O–H groups in total. The van der Waals surface area contributed by atoms with Gasteiger partial charge in [-0.2, -0.15) is 0 Å². The van der Waals surface area contributed by atoms with Gasteiger partial charge in [-0.3, -0.25) is 4.79 Å². The van der Waals surface area contributed by atoms with Crippen LogP contribution in [-0.4, -0.2) is 28.8 Å². The van der Waals surface area contributed by atoms with Crippen LogP contribution in [0.1, 0.15) is 37.8 Å². The molecule has 1 aliphatic heterocycles. The van der Waals surface area contributed by atoms with Crippen LogP contribution < -0.4 is 4.90 Å². The number of ketones is 1. The number of rotatable bonds is 3. The van der Waals surface area contributed by atoms with Crippen molar-refractivity contribution in [3.63, 3.8) is 0 Å². The molecule has 17 heavy (non-hydrogen) atoms. The largest absolute Gasteiger partial charge is 0.356 e. The molecule has 1 atom stereocenters. The number of aromatic nitrogens is 2. The van der Waals surface area contributed by atoms with Crippen LogP contribution in [0, 0.1) is 5.92 Å². The van der Waals surface area contributed by atoms with E-state index in [1.165, 1.54) is 18.5 Å². The van der Waals surface area contributed by atoms with Gasteiger partial charge in [0.15, 0.2) is 0 Å². The summed E-state index contributed by atoms with van der Waals surface area (Å²) in [5.41, 5.74) is 1.17. The van der Waals surface area contributed by atoms with Crippen LogP contribution in [0.25, 0.3) is 0 Å². The Labute approximate surface area is 101 Å². The fourth-order valence-corrected chi connectivity index (χ4v) is 2.44. The highest BCUT2D eigenvalue weighted by Crippen LogP contribution is 2.39. The second-order valence-corrected chi connectivity index (χ2v) is 5.12. The Morgan fingerprint density at radius 3 is 2.82 bits per heavy atom. The molecule has 3 rings (SSSR count). The molecule has 0 aromatic carbocycles. The van der Waals surface area contributed by atoms with E-state index in [9.17, 15) is 4.79 Å². The predicted molar refractivity (Wildman–Crippen MR) is 65.0 cm³/mol. The maximum absolute atomic E-state index is 11.3. The molecule has 1 saturated heterocycles. The van der Waals surface area contributed by atoms with E-state index in [1.54, 1.807) is 13.3 Å². The molecule has 0 amide bonds. The molecule has 2 aliphatic rings. The van der Waals surface area contributed by atoms with E-state index >= 15 is 0 Å². The van der Waals surface area contributed by atoms with Crippen LogP contribution in [0.5, 0.6) is 0 Å². The van der Waals surface area contributed by atoms with Gasteiger partial charge in [0.1, 0.15) is 17.9 Å². The Kier molecular flexibility index (Phi) is 2.57. The number of Topliss-reactive ketones (excluding diaryl/α,β-unsaturated/α-hetero) is 1. The highest BCUT2D eigenvalue weighted by molar-refractivity contribution is 5.79. The van der Waals surface area contributed by atoms with Gasteiger partial charge in [0.05, 0.1) is 0 Å². The average molecular weight is 231 g/mol. The van der Waals surface area contributed by atoms with Crippen LogP contribution in [0.3, 0.4) is 0 Å². The zero-order chi connectivity index (χ0) is 11.8. The van der Waals surface area contributed by atoms with E-state index in [0.29, 0.717) is 11.7 Å². The van der Waals surface area contributed by atoms with Crippen molar-refractivity contribution in [1.82, 2.24) is 9.97 Å². The fraction of sp³-hybridized carbons (Fsp3) is 0.615. The maximum atomic E-state index is 11.3. The highest BCUT2D eigenvalue weighted by atomic mass is 16.1. The summed E-state index contributed by atoms with van der Waals surface area (Å²) in [5, 5.41) is 0. The van der Waals surface area contributed by atoms with Crippen molar-refractivity contribution in [1.29, 1.82) is 0 Å². The summed E-state index contributed by atoms with van der Waals surface area (Å²) in [6.45, 7) is 3.44. The first kappa shape index (κ1) is 10.7. The number of nitrogens with zero attached hydrogens (tertiary/aromatic N) is 3. The molecular formula is C13H17N3O. The average Bonchev–Trinajstić information content (AvgIpc) is 3.06. The van der Waals surface area contributed by atoms with Crippen LogP contribution in [0.15, 0.2) is 12.4 Å². The van der Waals surface area contributed by atoms with E-state index in [-0.39, 0.29) is 5.92 Å². The zero-order valence-corrected chi connectivity index (χ0v) is 10.1. The molecule has 0 spiro atoms. The molecule has 1 aromatic rings. The number of carbonyl (C=O) groups is 1. The lowest BCUT2D eigenvalue weighted by atomic mass is 10.1. The van der Waals surface area contributed by atoms with Crippen molar-refractivity contribution in [2.75, 3.05) is 18.0 Å².